The van der Waals surface area contributed by atoms with E-state index >= 15 is 0 Å². The Hall–Kier alpha value is -2.38. The highest BCUT2D eigenvalue weighted by Gasteiger charge is 2.34. The molecule has 0 radical (unpaired) electrons. The molecule has 0 saturated heterocycles. The Morgan fingerprint density at radius 1 is 1.17 bits per heavy atom. The van der Waals surface area contributed by atoms with Crippen LogP contribution in [0.15, 0.2) is 30.3 Å². The monoisotopic (exact) mass is 328 g/mol. The highest BCUT2D eigenvalue weighted by Crippen LogP contribution is 2.30. The summed E-state index contributed by atoms with van der Waals surface area (Å²) in [6.07, 6.45) is -3.93. The van der Waals surface area contributed by atoms with Crippen LogP contribution in [-0.4, -0.2) is 16.0 Å². The molecule has 0 aliphatic heterocycles. The molecule has 2 rings (SSSR count). The minimum Gasteiger partial charge on any atom is -0.352 e. The van der Waals surface area contributed by atoms with Gasteiger partial charge in [-0.05, 0) is 25.5 Å². The maximum absolute atomic E-state index is 13.6. The van der Waals surface area contributed by atoms with E-state index in [1.165, 1.54) is 18.2 Å². The molecule has 0 amide bonds. The minimum atomic E-state index is -4.62. The standard InChI is InChI=1S/C15H16F4N4/c1-3-9(2)20-14-22-12(15(17,18)19)8-13(23-14)21-11-7-5-4-6-10(11)16/h4-9H,3H2,1-2H3,(H2,20,21,22,23)/t9-/m1/s1. The van der Waals surface area contributed by atoms with E-state index in [0.717, 1.165) is 6.07 Å². The average Bonchev–Trinajstić information content (AvgIpc) is 2.48. The van der Waals surface area contributed by atoms with Gasteiger partial charge in [0.1, 0.15) is 11.6 Å². The van der Waals surface area contributed by atoms with E-state index in [1.807, 2.05) is 6.92 Å². The molecule has 2 aromatic rings. The molecule has 23 heavy (non-hydrogen) atoms. The van der Waals surface area contributed by atoms with Gasteiger partial charge in [0.05, 0.1) is 5.69 Å². The second-order valence-corrected chi connectivity index (χ2v) is 5.02. The fourth-order valence-electron chi connectivity index (χ4n) is 1.74. The second-order valence-electron chi connectivity index (χ2n) is 5.02. The molecule has 0 aliphatic rings. The van der Waals surface area contributed by atoms with Gasteiger partial charge in [0, 0.05) is 12.1 Å². The second kappa shape index (κ2) is 6.80. The summed E-state index contributed by atoms with van der Waals surface area (Å²) in [4.78, 5) is 7.45. The minimum absolute atomic E-state index is 0.0359. The number of nitrogens with zero attached hydrogens (tertiary/aromatic N) is 2. The van der Waals surface area contributed by atoms with Crippen molar-refractivity contribution < 1.29 is 17.6 Å². The highest BCUT2D eigenvalue weighted by molar-refractivity contribution is 5.58. The van der Waals surface area contributed by atoms with Crippen LogP contribution in [0.3, 0.4) is 0 Å². The molecule has 0 aliphatic carbocycles. The van der Waals surface area contributed by atoms with Crippen molar-refractivity contribution in [2.45, 2.75) is 32.5 Å². The third kappa shape index (κ3) is 4.54. The number of alkyl halides is 3. The van der Waals surface area contributed by atoms with Gasteiger partial charge in [-0.3, -0.25) is 0 Å². The quantitative estimate of drug-likeness (QED) is 0.788. The summed E-state index contributed by atoms with van der Waals surface area (Å²) in [6.45, 7) is 3.68. The Morgan fingerprint density at radius 2 is 1.87 bits per heavy atom. The Balaban J connectivity index is 2.38. The molecular formula is C15H16F4N4. The van der Waals surface area contributed by atoms with Gasteiger partial charge < -0.3 is 10.6 Å². The number of aromatic nitrogens is 2. The molecule has 1 aromatic heterocycles. The SMILES string of the molecule is CC[C@@H](C)Nc1nc(Nc2ccccc2F)cc(C(F)(F)F)n1. The van der Waals surface area contributed by atoms with Crippen LogP contribution in [0, 0.1) is 5.82 Å². The third-order valence-electron chi connectivity index (χ3n) is 3.14. The van der Waals surface area contributed by atoms with Gasteiger partial charge in [-0.15, -0.1) is 0 Å². The van der Waals surface area contributed by atoms with Crippen molar-refractivity contribution in [3.05, 3.63) is 41.8 Å². The van der Waals surface area contributed by atoms with Crippen molar-refractivity contribution in [2.75, 3.05) is 10.6 Å². The van der Waals surface area contributed by atoms with Crippen molar-refractivity contribution >= 4 is 17.5 Å². The fourth-order valence-corrected chi connectivity index (χ4v) is 1.74. The van der Waals surface area contributed by atoms with E-state index in [0.29, 0.717) is 6.42 Å². The number of nitrogens with one attached hydrogen (secondary N) is 2. The van der Waals surface area contributed by atoms with Gasteiger partial charge in [0.2, 0.25) is 5.95 Å². The van der Waals surface area contributed by atoms with Crippen LogP contribution in [0.2, 0.25) is 0 Å². The molecular weight excluding hydrogens is 312 g/mol. The molecule has 2 N–H and O–H groups in total. The number of rotatable bonds is 5. The van der Waals surface area contributed by atoms with Crippen LogP contribution in [0.4, 0.5) is 35.0 Å². The van der Waals surface area contributed by atoms with Gasteiger partial charge in [-0.25, -0.2) is 9.37 Å². The smallest absolute Gasteiger partial charge is 0.352 e. The first kappa shape index (κ1) is 17.0. The fraction of sp³-hybridized carbons (Fsp3) is 0.333. The number of para-hydroxylation sites is 1. The topological polar surface area (TPSA) is 49.8 Å². The zero-order valence-corrected chi connectivity index (χ0v) is 12.6. The van der Waals surface area contributed by atoms with Gasteiger partial charge in [-0.2, -0.15) is 18.2 Å². The number of hydrogen-bond acceptors (Lipinski definition) is 4. The molecule has 1 heterocycles. The number of halogens is 4. The van der Waals surface area contributed by atoms with Crippen molar-refractivity contribution in [1.82, 2.24) is 9.97 Å². The van der Waals surface area contributed by atoms with Crippen molar-refractivity contribution in [1.29, 1.82) is 0 Å². The van der Waals surface area contributed by atoms with Gasteiger partial charge in [0.25, 0.3) is 0 Å². The Kier molecular flexibility index (Phi) is 5.02. The van der Waals surface area contributed by atoms with E-state index in [2.05, 4.69) is 20.6 Å². The van der Waals surface area contributed by atoms with Gasteiger partial charge in [-0.1, -0.05) is 19.1 Å². The lowest BCUT2D eigenvalue weighted by Gasteiger charge is -2.15. The summed E-state index contributed by atoms with van der Waals surface area (Å²) in [5.41, 5.74) is -1.06. The molecule has 0 saturated carbocycles. The number of anilines is 3. The first-order chi connectivity index (χ1) is 10.8. The Labute approximate surface area is 131 Å². The van der Waals surface area contributed by atoms with E-state index in [4.69, 9.17) is 0 Å². The van der Waals surface area contributed by atoms with Crippen LogP contribution < -0.4 is 10.6 Å². The molecule has 8 heteroatoms. The zero-order valence-electron chi connectivity index (χ0n) is 12.6. The third-order valence-corrected chi connectivity index (χ3v) is 3.14. The lowest BCUT2D eigenvalue weighted by molar-refractivity contribution is -0.141. The van der Waals surface area contributed by atoms with Crippen molar-refractivity contribution in [3.8, 4) is 0 Å². The molecule has 1 atom stereocenters. The van der Waals surface area contributed by atoms with E-state index < -0.39 is 17.7 Å². The lowest BCUT2D eigenvalue weighted by Crippen LogP contribution is -2.18. The van der Waals surface area contributed by atoms with Crippen LogP contribution in [0.1, 0.15) is 26.0 Å². The summed E-state index contributed by atoms with van der Waals surface area (Å²) in [5, 5.41) is 5.34. The number of hydrogen-bond donors (Lipinski definition) is 2. The predicted molar refractivity (Wildman–Crippen MR) is 80.1 cm³/mol. The average molecular weight is 328 g/mol. The highest BCUT2D eigenvalue weighted by atomic mass is 19.4. The summed E-state index contributed by atoms with van der Waals surface area (Å²) in [5.74, 6) is -0.882. The van der Waals surface area contributed by atoms with Gasteiger partial charge in [0.15, 0.2) is 5.69 Å². The van der Waals surface area contributed by atoms with E-state index in [1.54, 1.807) is 13.0 Å². The van der Waals surface area contributed by atoms with E-state index in [9.17, 15) is 17.6 Å². The van der Waals surface area contributed by atoms with Crippen molar-refractivity contribution in [3.63, 3.8) is 0 Å². The van der Waals surface area contributed by atoms with Crippen LogP contribution in [-0.2, 0) is 6.18 Å². The molecule has 0 fully saturated rings. The molecule has 4 nitrogen and oxygen atoms in total. The largest absolute Gasteiger partial charge is 0.433 e. The molecule has 0 unspecified atom stereocenters. The maximum atomic E-state index is 13.6. The number of benzene rings is 1. The first-order valence-electron chi connectivity index (χ1n) is 7.04. The Morgan fingerprint density at radius 3 is 2.48 bits per heavy atom. The lowest BCUT2D eigenvalue weighted by atomic mass is 10.3. The predicted octanol–water partition coefficient (Wildman–Crippen LogP) is 4.59. The summed E-state index contributed by atoms with van der Waals surface area (Å²) in [6, 6.07) is 6.31. The molecule has 1 aromatic carbocycles. The maximum Gasteiger partial charge on any atom is 0.433 e. The summed E-state index contributed by atoms with van der Waals surface area (Å²) in [7, 11) is 0. The first-order valence-corrected chi connectivity index (χ1v) is 7.04. The van der Waals surface area contributed by atoms with E-state index in [-0.39, 0.29) is 23.5 Å². The van der Waals surface area contributed by atoms with Crippen molar-refractivity contribution in [2.24, 2.45) is 0 Å². The van der Waals surface area contributed by atoms with Crippen LogP contribution >= 0.6 is 0 Å². The molecule has 124 valence electrons. The summed E-state index contributed by atoms with van der Waals surface area (Å²) >= 11 is 0. The molecule has 0 spiro atoms. The summed E-state index contributed by atoms with van der Waals surface area (Å²) < 4.78 is 52.5. The van der Waals surface area contributed by atoms with Gasteiger partial charge >= 0.3 is 6.18 Å². The zero-order chi connectivity index (χ0) is 17.0. The Bertz CT molecular complexity index is 673. The molecule has 0 bridgehead atoms. The normalized spacial score (nSPS) is 12.8. The van der Waals surface area contributed by atoms with Crippen LogP contribution in [0.5, 0.6) is 0 Å². The van der Waals surface area contributed by atoms with Crippen LogP contribution in [0.25, 0.3) is 0 Å².